The summed E-state index contributed by atoms with van der Waals surface area (Å²) in [4.78, 5) is 10.4. The SMILES string of the molecule is Cc1cc(C)cc(COc2ccc([N+](=O)[O-])cc2CBr)c1. The minimum absolute atomic E-state index is 0.0724. The number of rotatable bonds is 5. The van der Waals surface area contributed by atoms with Crippen LogP contribution in [0.5, 0.6) is 5.75 Å². The van der Waals surface area contributed by atoms with Gasteiger partial charge in [-0.05, 0) is 25.5 Å². The van der Waals surface area contributed by atoms with Gasteiger partial charge in [0, 0.05) is 23.0 Å². The lowest BCUT2D eigenvalue weighted by Crippen LogP contribution is -2.00. The van der Waals surface area contributed by atoms with Crippen LogP contribution < -0.4 is 4.74 Å². The zero-order chi connectivity index (χ0) is 15.4. The third-order valence-electron chi connectivity index (χ3n) is 3.07. The number of non-ortho nitro benzene ring substituents is 1. The standard InChI is InChI=1S/C16H16BrNO3/c1-11-5-12(2)7-13(6-11)10-21-16-4-3-15(18(19)20)8-14(16)9-17/h3-8H,9-10H2,1-2H3. The Labute approximate surface area is 132 Å². The van der Waals surface area contributed by atoms with Crippen LogP contribution in [0, 0.1) is 24.0 Å². The van der Waals surface area contributed by atoms with Crippen molar-refractivity contribution in [3.05, 3.63) is 68.8 Å². The molecular weight excluding hydrogens is 334 g/mol. The second kappa shape index (κ2) is 6.72. The molecule has 0 aliphatic rings. The summed E-state index contributed by atoms with van der Waals surface area (Å²) in [6.45, 7) is 4.54. The van der Waals surface area contributed by atoms with E-state index in [1.54, 1.807) is 6.07 Å². The van der Waals surface area contributed by atoms with Gasteiger partial charge in [0.1, 0.15) is 12.4 Å². The molecule has 0 spiro atoms. The van der Waals surface area contributed by atoms with Gasteiger partial charge >= 0.3 is 0 Å². The Hall–Kier alpha value is -1.88. The molecule has 0 unspecified atom stereocenters. The van der Waals surface area contributed by atoms with E-state index in [-0.39, 0.29) is 5.69 Å². The highest BCUT2D eigenvalue weighted by Crippen LogP contribution is 2.27. The van der Waals surface area contributed by atoms with Gasteiger partial charge in [-0.1, -0.05) is 45.3 Å². The summed E-state index contributed by atoms with van der Waals surface area (Å²) in [6.07, 6.45) is 0. The number of ether oxygens (including phenoxy) is 1. The fourth-order valence-electron chi connectivity index (χ4n) is 2.24. The lowest BCUT2D eigenvalue weighted by atomic mass is 10.1. The van der Waals surface area contributed by atoms with Crippen molar-refractivity contribution in [1.82, 2.24) is 0 Å². The molecular formula is C16H16BrNO3. The number of nitrogens with zero attached hydrogens (tertiary/aromatic N) is 1. The first kappa shape index (κ1) is 15.5. The van der Waals surface area contributed by atoms with Crippen LogP contribution in [0.2, 0.25) is 0 Å². The van der Waals surface area contributed by atoms with E-state index in [0.717, 1.165) is 11.1 Å². The van der Waals surface area contributed by atoms with E-state index in [4.69, 9.17) is 4.74 Å². The zero-order valence-corrected chi connectivity index (χ0v) is 13.5. The van der Waals surface area contributed by atoms with Crippen LogP contribution in [0.4, 0.5) is 5.69 Å². The average Bonchev–Trinajstić information content (AvgIpc) is 2.43. The van der Waals surface area contributed by atoms with Gasteiger partial charge in [-0.15, -0.1) is 0 Å². The van der Waals surface area contributed by atoms with E-state index in [2.05, 4.69) is 34.1 Å². The van der Waals surface area contributed by atoms with Gasteiger partial charge in [-0.25, -0.2) is 0 Å². The maximum Gasteiger partial charge on any atom is 0.270 e. The molecule has 110 valence electrons. The first-order valence-corrected chi connectivity index (χ1v) is 7.65. The van der Waals surface area contributed by atoms with Crippen LogP contribution in [0.15, 0.2) is 36.4 Å². The second-order valence-corrected chi connectivity index (χ2v) is 5.53. The molecule has 5 heteroatoms. The Morgan fingerprint density at radius 1 is 1.14 bits per heavy atom. The van der Waals surface area contributed by atoms with Gasteiger partial charge < -0.3 is 4.74 Å². The predicted octanol–water partition coefficient (Wildman–Crippen LogP) is 4.69. The molecule has 0 fully saturated rings. The number of nitro benzene ring substituents is 1. The smallest absolute Gasteiger partial charge is 0.270 e. The van der Waals surface area contributed by atoms with Gasteiger partial charge in [0.15, 0.2) is 0 Å². The largest absolute Gasteiger partial charge is 0.489 e. The monoisotopic (exact) mass is 349 g/mol. The second-order valence-electron chi connectivity index (χ2n) is 4.97. The van der Waals surface area contributed by atoms with Crippen molar-refractivity contribution in [3.63, 3.8) is 0 Å². The molecule has 0 saturated carbocycles. The molecule has 0 aliphatic carbocycles. The van der Waals surface area contributed by atoms with Crippen molar-refractivity contribution in [2.45, 2.75) is 25.8 Å². The highest BCUT2D eigenvalue weighted by Gasteiger charge is 2.11. The highest BCUT2D eigenvalue weighted by molar-refractivity contribution is 9.08. The minimum atomic E-state index is -0.403. The maximum absolute atomic E-state index is 10.8. The van der Waals surface area contributed by atoms with Gasteiger partial charge in [-0.2, -0.15) is 0 Å². The number of hydrogen-bond donors (Lipinski definition) is 0. The molecule has 0 atom stereocenters. The molecule has 2 rings (SSSR count). The molecule has 2 aromatic rings. The number of halogens is 1. The molecule has 0 aromatic heterocycles. The molecule has 4 nitrogen and oxygen atoms in total. The van der Waals surface area contributed by atoms with E-state index in [1.165, 1.54) is 23.3 Å². The zero-order valence-electron chi connectivity index (χ0n) is 11.9. The van der Waals surface area contributed by atoms with Crippen LogP contribution in [-0.4, -0.2) is 4.92 Å². The minimum Gasteiger partial charge on any atom is -0.489 e. The summed E-state index contributed by atoms with van der Waals surface area (Å²) in [6, 6.07) is 10.9. The topological polar surface area (TPSA) is 52.4 Å². The Bertz CT molecular complexity index is 650. The first-order valence-electron chi connectivity index (χ1n) is 6.53. The third-order valence-corrected chi connectivity index (χ3v) is 3.68. The van der Waals surface area contributed by atoms with Gasteiger partial charge in [0.2, 0.25) is 0 Å². The van der Waals surface area contributed by atoms with Gasteiger partial charge in [0.25, 0.3) is 5.69 Å². The van der Waals surface area contributed by atoms with E-state index < -0.39 is 4.92 Å². The number of alkyl halides is 1. The van der Waals surface area contributed by atoms with E-state index in [9.17, 15) is 10.1 Å². The molecule has 21 heavy (non-hydrogen) atoms. The number of benzene rings is 2. The molecule has 0 N–H and O–H groups in total. The Balaban J connectivity index is 2.17. The molecule has 0 saturated heterocycles. The van der Waals surface area contributed by atoms with E-state index in [0.29, 0.717) is 17.7 Å². The van der Waals surface area contributed by atoms with Crippen LogP contribution in [0.3, 0.4) is 0 Å². The van der Waals surface area contributed by atoms with Crippen LogP contribution in [-0.2, 0) is 11.9 Å². The quantitative estimate of drug-likeness (QED) is 0.447. The van der Waals surface area contributed by atoms with Crippen molar-refractivity contribution in [1.29, 1.82) is 0 Å². The Morgan fingerprint density at radius 2 is 1.81 bits per heavy atom. The van der Waals surface area contributed by atoms with Crippen molar-refractivity contribution in [2.24, 2.45) is 0 Å². The summed E-state index contributed by atoms with van der Waals surface area (Å²) < 4.78 is 5.81. The van der Waals surface area contributed by atoms with E-state index >= 15 is 0 Å². The Morgan fingerprint density at radius 3 is 2.38 bits per heavy atom. The summed E-state index contributed by atoms with van der Waals surface area (Å²) in [7, 11) is 0. The van der Waals surface area contributed by atoms with Crippen molar-refractivity contribution in [2.75, 3.05) is 0 Å². The fraction of sp³-hybridized carbons (Fsp3) is 0.250. The van der Waals surface area contributed by atoms with Gasteiger partial charge in [0.05, 0.1) is 4.92 Å². The normalized spacial score (nSPS) is 10.4. The van der Waals surface area contributed by atoms with Crippen molar-refractivity contribution in [3.8, 4) is 5.75 Å². The maximum atomic E-state index is 10.8. The van der Waals surface area contributed by atoms with Crippen LogP contribution in [0.25, 0.3) is 0 Å². The summed E-state index contributed by atoms with van der Waals surface area (Å²) >= 11 is 3.34. The molecule has 2 aromatic carbocycles. The van der Waals surface area contributed by atoms with Crippen LogP contribution >= 0.6 is 15.9 Å². The highest BCUT2D eigenvalue weighted by atomic mass is 79.9. The first-order chi connectivity index (χ1) is 9.99. The molecule has 0 radical (unpaired) electrons. The Kier molecular flexibility index (Phi) is 4.96. The van der Waals surface area contributed by atoms with Crippen LogP contribution in [0.1, 0.15) is 22.3 Å². The summed E-state index contributed by atoms with van der Waals surface area (Å²) in [5, 5.41) is 11.3. The lowest BCUT2D eigenvalue weighted by Gasteiger charge is -2.11. The lowest BCUT2D eigenvalue weighted by molar-refractivity contribution is -0.384. The van der Waals surface area contributed by atoms with Crippen molar-refractivity contribution < 1.29 is 9.66 Å². The predicted molar refractivity (Wildman–Crippen MR) is 86.0 cm³/mol. The van der Waals surface area contributed by atoms with E-state index in [1.807, 2.05) is 13.8 Å². The number of hydrogen-bond acceptors (Lipinski definition) is 3. The number of aryl methyl sites for hydroxylation is 2. The number of nitro groups is 1. The molecule has 0 heterocycles. The summed E-state index contributed by atoms with van der Waals surface area (Å²) in [5.41, 5.74) is 4.32. The molecule has 0 aliphatic heterocycles. The molecule has 0 amide bonds. The fourth-order valence-corrected chi connectivity index (χ4v) is 2.68. The van der Waals surface area contributed by atoms with Crippen molar-refractivity contribution >= 4 is 21.6 Å². The summed E-state index contributed by atoms with van der Waals surface area (Å²) in [5.74, 6) is 0.664. The molecule has 0 bridgehead atoms. The van der Waals surface area contributed by atoms with Gasteiger partial charge in [-0.3, -0.25) is 10.1 Å². The average molecular weight is 350 g/mol. The third kappa shape index (κ3) is 4.04.